The molecule has 0 aromatic rings. The third-order valence-corrected chi connectivity index (χ3v) is 4.28. The Morgan fingerprint density at radius 1 is 0.522 bits per heavy atom. The smallest absolute Gasteiger partial charge is 0.0466 e. The van der Waals surface area contributed by atoms with Crippen molar-refractivity contribution in [3.05, 3.63) is 24.3 Å². The van der Waals surface area contributed by atoms with Crippen LogP contribution >= 0.6 is 0 Å². The maximum absolute atomic E-state index is 5.73. The molecule has 0 aliphatic carbocycles. The van der Waals surface area contributed by atoms with Gasteiger partial charge in [-0.05, 0) is 52.4 Å². The Hall–Kier alpha value is -0.560. The van der Waals surface area contributed by atoms with Crippen LogP contribution in [0.1, 0.15) is 104 Å². The average Bonchev–Trinajstić information content (AvgIpc) is 2.49. The lowest BCUT2D eigenvalue weighted by atomic mass is 10.1. The molecule has 0 aromatic heterocycles. The zero-order valence-electron chi connectivity index (χ0n) is 16.1. The molecule has 0 aliphatic rings. The molecule has 0 aliphatic heterocycles. The molecule has 0 amide bonds. The molecule has 0 radical (unpaired) electrons. The van der Waals surface area contributed by atoms with Crippen LogP contribution in [0.5, 0.6) is 0 Å². The van der Waals surface area contributed by atoms with Crippen molar-refractivity contribution in [2.45, 2.75) is 104 Å². The fraction of sp³-hybridized carbons (Fsp3) is 0.818. The molecule has 0 unspecified atom stereocenters. The van der Waals surface area contributed by atoms with E-state index in [1.165, 1.54) is 101 Å². The molecule has 0 saturated heterocycles. The molecule has 0 atom stereocenters. The van der Waals surface area contributed by atoms with Crippen molar-refractivity contribution in [2.75, 3.05) is 13.2 Å². The monoisotopic (exact) mass is 322 g/mol. The van der Waals surface area contributed by atoms with Crippen LogP contribution in [-0.2, 0) is 4.74 Å². The van der Waals surface area contributed by atoms with E-state index in [1.54, 1.807) is 0 Å². The Morgan fingerprint density at radius 3 is 1.17 bits per heavy atom. The highest BCUT2D eigenvalue weighted by molar-refractivity contribution is 4.87. The molecule has 1 heteroatoms. The van der Waals surface area contributed by atoms with E-state index in [1.807, 2.05) is 0 Å². The van der Waals surface area contributed by atoms with Gasteiger partial charge in [0.25, 0.3) is 0 Å². The van der Waals surface area contributed by atoms with Crippen molar-refractivity contribution in [2.24, 2.45) is 0 Å². The van der Waals surface area contributed by atoms with E-state index in [0.29, 0.717) is 0 Å². The van der Waals surface area contributed by atoms with Crippen LogP contribution in [0.2, 0.25) is 0 Å². The second-order valence-electron chi connectivity index (χ2n) is 7.27. The second kappa shape index (κ2) is 17.8. The van der Waals surface area contributed by atoms with E-state index >= 15 is 0 Å². The zero-order chi connectivity index (χ0) is 17.2. The summed E-state index contributed by atoms with van der Waals surface area (Å²) < 4.78 is 5.73. The third kappa shape index (κ3) is 21.4. The molecular weight excluding hydrogens is 280 g/mol. The van der Waals surface area contributed by atoms with E-state index in [9.17, 15) is 0 Å². The summed E-state index contributed by atoms with van der Waals surface area (Å²) >= 11 is 0. The van der Waals surface area contributed by atoms with Crippen molar-refractivity contribution >= 4 is 0 Å². The summed E-state index contributed by atoms with van der Waals surface area (Å²) in [5.41, 5.74) is 2.65. The van der Waals surface area contributed by atoms with E-state index in [-0.39, 0.29) is 0 Å². The van der Waals surface area contributed by atoms with Crippen LogP contribution in [0.4, 0.5) is 0 Å². The van der Waals surface area contributed by atoms with Gasteiger partial charge in [0.05, 0.1) is 0 Å². The molecule has 23 heavy (non-hydrogen) atoms. The molecule has 1 nitrogen and oxygen atoms in total. The average molecular weight is 323 g/mol. The van der Waals surface area contributed by atoms with Crippen LogP contribution in [-0.4, -0.2) is 13.2 Å². The minimum absolute atomic E-state index is 0.963. The maximum atomic E-state index is 5.73. The van der Waals surface area contributed by atoms with Gasteiger partial charge >= 0.3 is 0 Å². The van der Waals surface area contributed by atoms with Gasteiger partial charge in [0, 0.05) is 13.2 Å². The molecule has 0 spiro atoms. The van der Waals surface area contributed by atoms with Crippen molar-refractivity contribution in [1.29, 1.82) is 0 Å². The van der Waals surface area contributed by atoms with Crippen molar-refractivity contribution < 1.29 is 4.74 Å². The van der Waals surface area contributed by atoms with Crippen LogP contribution in [0.25, 0.3) is 0 Å². The normalized spacial score (nSPS) is 10.9. The first-order valence-corrected chi connectivity index (χ1v) is 9.99. The molecule has 0 aromatic carbocycles. The van der Waals surface area contributed by atoms with Crippen LogP contribution in [0.3, 0.4) is 0 Å². The van der Waals surface area contributed by atoms with Crippen molar-refractivity contribution in [3.63, 3.8) is 0 Å². The molecular formula is C22H42O. The fourth-order valence-electron chi connectivity index (χ4n) is 2.78. The lowest BCUT2D eigenvalue weighted by Crippen LogP contribution is -1.97. The van der Waals surface area contributed by atoms with Gasteiger partial charge in [0.1, 0.15) is 0 Å². The molecule has 0 fully saturated rings. The minimum atomic E-state index is 0.963. The third-order valence-electron chi connectivity index (χ3n) is 4.28. The van der Waals surface area contributed by atoms with Gasteiger partial charge in [-0.1, -0.05) is 62.5 Å². The van der Waals surface area contributed by atoms with Gasteiger partial charge in [-0.2, -0.15) is 0 Å². The van der Waals surface area contributed by atoms with Gasteiger partial charge in [0.2, 0.25) is 0 Å². The molecule has 0 saturated carbocycles. The molecule has 0 rings (SSSR count). The highest BCUT2D eigenvalue weighted by atomic mass is 16.5. The highest BCUT2D eigenvalue weighted by Crippen LogP contribution is 2.11. The summed E-state index contributed by atoms with van der Waals surface area (Å²) in [6.45, 7) is 14.1. The first-order chi connectivity index (χ1) is 11.1. The fourth-order valence-corrected chi connectivity index (χ4v) is 2.78. The topological polar surface area (TPSA) is 9.23 Å². The summed E-state index contributed by atoms with van der Waals surface area (Å²) in [5.74, 6) is 0. The molecule has 0 N–H and O–H groups in total. The predicted molar refractivity (Wildman–Crippen MR) is 105 cm³/mol. The number of unbranched alkanes of at least 4 members (excludes halogenated alkanes) is 10. The number of hydrogen-bond donors (Lipinski definition) is 0. The predicted octanol–water partition coefficient (Wildman–Crippen LogP) is 7.62. The number of hydrogen-bond acceptors (Lipinski definition) is 1. The quantitative estimate of drug-likeness (QED) is 0.186. The van der Waals surface area contributed by atoms with Gasteiger partial charge in [-0.25, -0.2) is 0 Å². The maximum Gasteiger partial charge on any atom is 0.0466 e. The van der Waals surface area contributed by atoms with Gasteiger partial charge in [-0.15, -0.1) is 13.2 Å². The van der Waals surface area contributed by atoms with Crippen molar-refractivity contribution in [1.82, 2.24) is 0 Å². The van der Waals surface area contributed by atoms with Gasteiger partial charge < -0.3 is 4.74 Å². The Kier molecular flexibility index (Phi) is 17.4. The summed E-state index contributed by atoms with van der Waals surface area (Å²) in [6, 6.07) is 0. The summed E-state index contributed by atoms with van der Waals surface area (Å²) in [6.07, 6.45) is 18.4. The van der Waals surface area contributed by atoms with Gasteiger partial charge in [-0.3, -0.25) is 0 Å². The summed E-state index contributed by atoms with van der Waals surface area (Å²) in [7, 11) is 0. The van der Waals surface area contributed by atoms with Crippen LogP contribution in [0.15, 0.2) is 24.3 Å². The first-order valence-electron chi connectivity index (χ1n) is 9.99. The Labute approximate surface area is 146 Å². The van der Waals surface area contributed by atoms with Crippen LogP contribution in [0, 0.1) is 0 Å². The molecule has 136 valence electrons. The number of ether oxygens (including phenoxy) is 1. The molecule has 0 bridgehead atoms. The summed E-state index contributed by atoms with van der Waals surface area (Å²) in [4.78, 5) is 0. The standard InChI is InChI=1S/C22H42O/c1-21(2)17-13-9-5-7-11-15-19-23-20-16-12-8-6-10-14-18-22(3)4/h1,3,5-20H2,2,4H3. The van der Waals surface area contributed by atoms with E-state index in [0.717, 1.165) is 13.2 Å². The van der Waals surface area contributed by atoms with E-state index in [2.05, 4.69) is 27.0 Å². The lowest BCUT2D eigenvalue weighted by Gasteiger charge is -2.05. The second-order valence-corrected chi connectivity index (χ2v) is 7.27. The van der Waals surface area contributed by atoms with E-state index in [4.69, 9.17) is 4.74 Å². The van der Waals surface area contributed by atoms with Crippen molar-refractivity contribution in [3.8, 4) is 0 Å². The minimum Gasteiger partial charge on any atom is -0.381 e. The first kappa shape index (κ1) is 22.4. The zero-order valence-corrected chi connectivity index (χ0v) is 16.1. The largest absolute Gasteiger partial charge is 0.381 e. The van der Waals surface area contributed by atoms with E-state index < -0.39 is 0 Å². The number of allylic oxidation sites excluding steroid dienone is 2. The lowest BCUT2D eigenvalue weighted by molar-refractivity contribution is 0.125. The van der Waals surface area contributed by atoms with Gasteiger partial charge in [0.15, 0.2) is 0 Å². The number of rotatable bonds is 18. The summed E-state index contributed by atoms with van der Waals surface area (Å²) in [5, 5.41) is 0. The molecule has 0 heterocycles. The SMILES string of the molecule is C=C(C)CCCCCCCCOCCCCCCCCC(=C)C. The Bertz CT molecular complexity index is 252. The Balaban J connectivity index is 3.00. The van der Waals surface area contributed by atoms with Crippen LogP contribution < -0.4 is 0 Å². The highest BCUT2D eigenvalue weighted by Gasteiger charge is 1.95. The Morgan fingerprint density at radius 2 is 0.826 bits per heavy atom.